The van der Waals surface area contributed by atoms with Gasteiger partial charge in [0.2, 0.25) is 0 Å². The highest BCUT2D eigenvalue weighted by Gasteiger charge is 2.37. The summed E-state index contributed by atoms with van der Waals surface area (Å²) < 4.78 is 11.0. The Labute approximate surface area is 174 Å². The number of esters is 1. The van der Waals surface area contributed by atoms with Crippen molar-refractivity contribution in [1.29, 1.82) is 0 Å². The Morgan fingerprint density at radius 3 is 2.71 bits per heavy atom. The number of halogens is 1. The maximum absolute atomic E-state index is 12.5. The van der Waals surface area contributed by atoms with Crippen molar-refractivity contribution in [2.45, 2.75) is 26.4 Å². The lowest BCUT2D eigenvalue weighted by Gasteiger charge is -2.14. The van der Waals surface area contributed by atoms with Crippen molar-refractivity contribution in [2.24, 2.45) is 0 Å². The molecule has 10 heteroatoms. The molecule has 1 aliphatic heterocycles. The van der Waals surface area contributed by atoms with Gasteiger partial charge in [-0.25, -0.2) is 4.79 Å². The Morgan fingerprint density at radius 2 is 2.07 bits per heavy atom. The highest BCUT2D eigenvalue weighted by Crippen LogP contribution is 2.34. The van der Waals surface area contributed by atoms with E-state index < -0.39 is 36.2 Å². The van der Waals surface area contributed by atoms with Crippen LogP contribution in [0.4, 0.5) is 4.79 Å². The van der Waals surface area contributed by atoms with E-state index in [1.54, 1.807) is 25.1 Å². The minimum Gasteiger partial charge on any atom is -0.481 e. The summed E-state index contributed by atoms with van der Waals surface area (Å²) in [6.07, 6.45) is 1.74. The molecule has 8 nitrogen and oxygen atoms in total. The monoisotopic (exact) mass is 471 g/mol. The molecule has 1 aliphatic rings. The summed E-state index contributed by atoms with van der Waals surface area (Å²) in [6, 6.07) is 4.83. The normalized spacial score (nSPS) is 16.4. The molecule has 0 radical (unpaired) electrons. The lowest BCUT2D eigenvalue weighted by molar-refractivity contribution is -0.150. The second-order valence-corrected chi connectivity index (χ2v) is 7.75. The van der Waals surface area contributed by atoms with Crippen LogP contribution in [0, 0.1) is 0 Å². The van der Waals surface area contributed by atoms with Crippen LogP contribution < -0.4 is 4.74 Å². The number of benzene rings is 1. The topological polar surface area (TPSA) is 110 Å². The smallest absolute Gasteiger partial charge is 0.341 e. The minimum atomic E-state index is -1.14. The third-order valence-corrected chi connectivity index (χ3v) is 5.08. The molecule has 1 fully saturated rings. The molecule has 150 valence electrons. The maximum Gasteiger partial charge on any atom is 0.341 e. The van der Waals surface area contributed by atoms with E-state index in [0.29, 0.717) is 28.2 Å². The summed E-state index contributed by atoms with van der Waals surface area (Å²) in [5.41, 5.74) is 0.420. The summed E-state index contributed by atoms with van der Waals surface area (Å²) in [4.78, 5) is 48.2. The minimum absolute atomic E-state index is 0.0969. The molecule has 2 amide bonds. The molecule has 0 bridgehead atoms. The highest BCUT2D eigenvalue weighted by molar-refractivity contribution is 9.10. The van der Waals surface area contributed by atoms with Crippen LogP contribution in [0.1, 0.15) is 25.8 Å². The number of imide groups is 1. The number of ether oxygens (including phenoxy) is 2. The fourth-order valence-corrected chi connectivity index (χ4v) is 3.36. The second-order valence-electron chi connectivity index (χ2n) is 5.84. The molecule has 0 unspecified atom stereocenters. The Balaban J connectivity index is 2.20. The van der Waals surface area contributed by atoms with Crippen molar-refractivity contribution in [3.8, 4) is 5.75 Å². The van der Waals surface area contributed by atoms with Crippen molar-refractivity contribution in [2.75, 3.05) is 13.2 Å². The fraction of sp³-hybridized carbons (Fsp3) is 0.333. The highest BCUT2D eigenvalue weighted by atomic mass is 79.9. The number of hydrogen-bond acceptors (Lipinski definition) is 7. The summed E-state index contributed by atoms with van der Waals surface area (Å²) >= 11 is 3.98. The summed E-state index contributed by atoms with van der Waals surface area (Å²) in [7, 11) is 0. The molecule has 0 aliphatic carbocycles. The maximum atomic E-state index is 12.5. The van der Waals surface area contributed by atoms with E-state index in [4.69, 9.17) is 14.6 Å². The Hall–Kier alpha value is -2.33. The standard InChI is InChI=1S/C18H18BrNO7S/c1-3-10(2)27-16(23)8-20-17(24)14(28-18(20)25)7-11-6-12(19)4-5-13(11)26-9-15(21)22/h4-7,10H,3,8-9H2,1-2H3,(H,21,22)/b14-7+/t10-/m1/s1. The quantitative estimate of drug-likeness (QED) is 0.454. The molecule has 1 heterocycles. The number of amides is 2. The van der Waals surface area contributed by atoms with E-state index >= 15 is 0 Å². The van der Waals surface area contributed by atoms with Crippen LogP contribution in [-0.4, -0.2) is 52.3 Å². The van der Waals surface area contributed by atoms with Crippen LogP contribution in [-0.2, 0) is 19.1 Å². The van der Waals surface area contributed by atoms with Gasteiger partial charge in [-0.2, -0.15) is 0 Å². The SMILES string of the molecule is CC[C@@H](C)OC(=O)CN1C(=O)S/C(=C/c2cc(Br)ccc2OCC(=O)O)C1=O. The largest absolute Gasteiger partial charge is 0.481 e. The number of thioether (sulfide) groups is 1. The van der Waals surface area contributed by atoms with Crippen molar-refractivity contribution >= 4 is 56.9 Å². The number of carboxylic acids is 1. The van der Waals surface area contributed by atoms with Gasteiger partial charge in [0.15, 0.2) is 6.61 Å². The first kappa shape index (κ1) is 22.0. The van der Waals surface area contributed by atoms with Crippen LogP contribution in [0.2, 0.25) is 0 Å². The van der Waals surface area contributed by atoms with Crippen molar-refractivity contribution in [3.63, 3.8) is 0 Å². The predicted molar refractivity (Wildman–Crippen MR) is 106 cm³/mol. The molecule has 28 heavy (non-hydrogen) atoms. The van der Waals surface area contributed by atoms with Gasteiger partial charge in [-0.05, 0) is 49.4 Å². The third-order valence-electron chi connectivity index (χ3n) is 3.68. The number of hydrogen-bond donors (Lipinski definition) is 1. The summed E-state index contributed by atoms with van der Waals surface area (Å²) in [5.74, 6) is -2.19. The van der Waals surface area contributed by atoms with Crippen molar-refractivity contribution in [3.05, 3.63) is 33.1 Å². The molecular formula is C18H18BrNO7S. The Kier molecular flexibility index (Phi) is 7.64. The zero-order valence-corrected chi connectivity index (χ0v) is 17.5. The van der Waals surface area contributed by atoms with E-state index in [9.17, 15) is 19.2 Å². The van der Waals surface area contributed by atoms with Gasteiger partial charge >= 0.3 is 11.9 Å². The molecule has 2 rings (SSSR count). The third kappa shape index (κ3) is 5.83. The van der Waals surface area contributed by atoms with Gasteiger partial charge in [-0.15, -0.1) is 0 Å². The molecule has 0 spiro atoms. The number of carbonyl (C=O) groups is 4. The van der Waals surface area contributed by atoms with E-state index in [2.05, 4.69) is 15.9 Å². The van der Waals surface area contributed by atoms with Crippen LogP contribution in [0.5, 0.6) is 5.75 Å². The molecule has 1 atom stereocenters. The van der Waals surface area contributed by atoms with Crippen molar-refractivity contribution in [1.82, 2.24) is 4.90 Å². The number of rotatable bonds is 8. The summed E-state index contributed by atoms with van der Waals surface area (Å²) in [5, 5.41) is 8.19. The van der Waals surface area contributed by atoms with E-state index in [1.807, 2.05) is 6.92 Å². The summed E-state index contributed by atoms with van der Waals surface area (Å²) in [6.45, 7) is 2.55. The number of aliphatic carboxylic acids is 1. The van der Waals surface area contributed by atoms with E-state index in [-0.39, 0.29) is 16.8 Å². The van der Waals surface area contributed by atoms with Gasteiger partial charge in [0.1, 0.15) is 12.3 Å². The molecule has 1 aromatic carbocycles. The van der Waals surface area contributed by atoms with Gasteiger partial charge in [0, 0.05) is 10.0 Å². The first-order chi connectivity index (χ1) is 13.2. The molecule has 1 N–H and O–H groups in total. The molecule has 1 aromatic rings. The van der Waals surface area contributed by atoms with Gasteiger partial charge in [0.05, 0.1) is 11.0 Å². The van der Waals surface area contributed by atoms with Gasteiger partial charge in [-0.3, -0.25) is 19.3 Å². The fourth-order valence-electron chi connectivity index (χ4n) is 2.15. The number of nitrogens with zero attached hydrogens (tertiary/aromatic N) is 1. The predicted octanol–water partition coefficient (Wildman–Crippen LogP) is 3.29. The van der Waals surface area contributed by atoms with Crippen LogP contribution in [0.15, 0.2) is 27.6 Å². The van der Waals surface area contributed by atoms with Gasteiger partial charge < -0.3 is 14.6 Å². The van der Waals surface area contributed by atoms with Gasteiger partial charge in [-0.1, -0.05) is 22.9 Å². The number of carboxylic acid groups (broad SMARTS) is 1. The van der Waals surface area contributed by atoms with Crippen molar-refractivity contribution < 1.29 is 33.8 Å². The molecular weight excluding hydrogens is 454 g/mol. The Morgan fingerprint density at radius 1 is 1.36 bits per heavy atom. The zero-order valence-electron chi connectivity index (χ0n) is 15.1. The molecule has 0 saturated carbocycles. The first-order valence-corrected chi connectivity index (χ1v) is 9.91. The molecule has 0 aromatic heterocycles. The Bertz CT molecular complexity index is 839. The lowest BCUT2D eigenvalue weighted by atomic mass is 10.2. The van der Waals surface area contributed by atoms with Gasteiger partial charge in [0.25, 0.3) is 11.1 Å². The zero-order chi connectivity index (χ0) is 20.8. The van der Waals surface area contributed by atoms with E-state index in [0.717, 1.165) is 4.90 Å². The van der Waals surface area contributed by atoms with Crippen LogP contribution >= 0.6 is 27.7 Å². The van der Waals surface area contributed by atoms with Crippen LogP contribution in [0.25, 0.3) is 6.08 Å². The average molecular weight is 472 g/mol. The average Bonchev–Trinajstić information content (AvgIpc) is 2.88. The lowest BCUT2D eigenvalue weighted by Crippen LogP contribution is -2.35. The first-order valence-electron chi connectivity index (χ1n) is 8.30. The molecule has 1 saturated heterocycles. The second kappa shape index (κ2) is 9.74. The van der Waals surface area contributed by atoms with Crippen LogP contribution in [0.3, 0.4) is 0 Å². The number of carbonyl (C=O) groups excluding carboxylic acids is 3. The van der Waals surface area contributed by atoms with E-state index in [1.165, 1.54) is 6.08 Å².